The SMILES string of the molecule is CCOC(=O)C1=c2/c(=C/c3ccc(OCC)cc3)c(N)c(S(=O)(=O)c3ccccc3)n2C(=O)[C@H](c2ccc(OCC)cc2)S1. The molecule has 4 aromatic rings. The number of fused-ring (bicyclic) bond motifs is 1. The van der Waals surface area contributed by atoms with Gasteiger partial charge in [0.05, 0.1) is 35.8 Å². The fourth-order valence-electron chi connectivity index (χ4n) is 4.93. The van der Waals surface area contributed by atoms with Gasteiger partial charge in [0.2, 0.25) is 15.7 Å². The van der Waals surface area contributed by atoms with Gasteiger partial charge in [-0.1, -0.05) is 54.2 Å². The largest absolute Gasteiger partial charge is 0.494 e. The average molecular weight is 633 g/mol. The van der Waals surface area contributed by atoms with Crippen molar-refractivity contribution in [2.75, 3.05) is 25.6 Å². The van der Waals surface area contributed by atoms with E-state index in [1.54, 1.807) is 79.7 Å². The molecule has 9 nitrogen and oxygen atoms in total. The van der Waals surface area contributed by atoms with Gasteiger partial charge in [-0.3, -0.25) is 9.36 Å². The highest BCUT2D eigenvalue weighted by atomic mass is 32.2. The van der Waals surface area contributed by atoms with Crippen LogP contribution in [0.1, 0.15) is 41.9 Å². The van der Waals surface area contributed by atoms with Crippen molar-refractivity contribution in [2.45, 2.75) is 35.9 Å². The molecule has 1 aromatic heterocycles. The molecule has 0 amide bonds. The third-order valence-corrected chi connectivity index (χ3v) is 9.97. The number of benzene rings is 3. The van der Waals surface area contributed by atoms with E-state index in [2.05, 4.69) is 0 Å². The normalized spacial score (nSPS) is 15.2. The monoisotopic (exact) mass is 632 g/mol. The number of hydrogen-bond acceptors (Lipinski definition) is 9. The number of esters is 1. The van der Waals surface area contributed by atoms with Crippen molar-refractivity contribution >= 4 is 50.1 Å². The molecule has 0 saturated carbocycles. The van der Waals surface area contributed by atoms with E-state index in [9.17, 15) is 18.0 Å². The Labute approximate surface area is 259 Å². The number of ether oxygens (including phenoxy) is 3. The van der Waals surface area contributed by atoms with E-state index in [1.165, 1.54) is 12.1 Å². The Morgan fingerprint density at radius 3 is 2.05 bits per heavy atom. The number of rotatable bonds is 10. The Morgan fingerprint density at radius 2 is 1.48 bits per heavy atom. The molecule has 2 N–H and O–H groups in total. The Morgan fingerprint density at radius 1 is 0.886 bits per heavy atom. The molecule has 0 unspecified atom stereocenters. The smallest absolute Gasteiger partial charge is 0.346 e. The summed E-state index contributed by atoms with van der Waals surface area (Å²) in [5.41, 5.74) is 7.73. The van der Waals surface area contributed by atoms with Gasteiger partial charge in [0.25, 0.3) is 0 Å². The van der Waals surface area contributed by atoms with E-state index in [4.69, 9.17) is 19.9 Å². The molecule has 0 spiro atoms. The summed E-state index contributed by atoms with van der Waals surface area (Å²) in [4.78, 5) is 27.9. The van der Waals surface area contributed by atoms with E-state index < -0.39 is 32.0 Å². The summed E-state index contributed by atoms with van der Waals surface area (Å²) in [6.07, 6.45) is 1.66. The topological polar surface area (TPSA) is 127 Å². The van der Waals surface area contributed by atoms with Gasteiger partial charge >= 0.3 is 5.97 Å². The first-order valence-corrected chi connectivity index (χ1v) is 16.5. The Bertz CT molecular complexity index is 1920. The lowest BCUT2D eigenvalue weighted by molar-refractivity contribution is -0.135. The van der Waals surface area contributed by atoms with Crippen LogP contribution < -0.4 is 25.8 Å². The van der Waals surface area contributed by atoms with Crippen LogP contribution in [0, 0.1) is 0 Å². The van der Waals surface area contributed by atoms with E-state index in [0.29, 0.717) is 35.8 Å². The lowest BCUT2D eigenvalue weighted by Crippen LogP contribution is -2.42. The zero-order valence-corrected chi connectivity index (χ0v) is 26.1. The maximum absolute atomic E-state index is 14.4. The molecular formula is C33H32N2O7S2. The maximum Gasteiger partial charge on any atom is 0.346 e. The second-order valence-corrected chi connectivity index (χ2v) is 12.6. The fourth-order valence-corrected chi connectivity index (χ4v) is 7.70. The van der Waals surface area contributed by atoms with Crippen molar-refractivity contribution in [2.24, 2.45) is 0 Å². The van der Waals surface area contributed by atoms with Crippen molar-refractivity contribution in [3.63, 3.8) is 0 Å². The molecule has 1 aliphatic heterocycles. The summed E-state index contributed by atoms with van der Waals surface area (Å²) in [7, 11) is -4.33. The van der Waals surface area contributed by atoms with Crippen LogP contribution in [0.2, 0.25) is 0 Å². The molecule has 44 heavy (non-hydrogen) atoms. The predicted octanol–water partition coefficient (Wildman–Crippen LogP) is 4.33. The van der Waals surface area contributed by atoms with Crippen LogP contribution >= 0.6 is 11.8 Å². The van der Waals surface area contributed by atoms with Crippen molar-refractivity contribution in [1.82, 2.24) is 4.57 Å². The van der Waals surface area contributed by atoms with Crippen LogP contribution in [0.4, 0.5) is 5.69 Å². The standard InChI is InChI=1S/C33H32N2O7S2/c1-4-40-23-16-12-21(13-17-23)20-26-27(34)32(44(38,39)25-10-8-7-9-11-25)35-28(26)30(33(37)42-6-3)43-29(31(35)36)22-14-18-24(19-15-22)41-5-2/h7-20,29H,4-6,34H2,1-3H3/b26-20+/t29-/m0/s1. The zero-order chi connectivity index (χ0) is 31.4. The number of nitrogens with two attached hydrogens (primary N) is 1. The molecular weight excluding hydrogens is 601 g/mol. The molecule has 1 aliphatic rings. The Balaban J connectivity index is 1.84. The Kier molecular flexibility index (Phi) is 9.17. The third kappa shape index (κ3) is 5.85. The number of aromatic nitrogens is 1. The van der Waals surface area contributed by atoms with E-state index in [1.807, 2.05) is 13.8 Å². The summed E-state index contributed by atoms with van der Waals surface area (Å²) in [5, 5.41) is -1.08. The van der Waals surface area contributed by atoms with Crippen LogP contribution in [0.5, 0.6) is 11.5 Å². The van der Waals surface area contributed by atoms with Crippen molar-refractivity contribution in [3.8, 4) is 11.5 Å². The van der Waals surface area contributed by atoms with Gasteiger partial charge in [0.15, 0.2) is 5.03 Å². The minimum absolute atomic E-state index is 0.0408. The second-order valence-electron chi connectivity index (χ2n) is 9.67. The number of nitrogen functional groups attached to an aromatic ring is 1. The van der Waals surface area contributed by atoms with Crippen molar-refractivity contribution < 1.29 is 32.2 Å². The first kappa shape index (κ1) is 31.0. The third-order valence-electron chi connectivity index (χ3n) is 6.86. The molecule has 228 valence electrons. The van der Waals surface area contributed by atoms with Gasteiger partial charge in [0, 0.05) is 5.22 Å². The van der Waals surface area contributed by atoms with E-state index in [0.717, 1.165) is 16.3 Å². The highest BCUT2D eigenvalue weighted by molar-refractivity contribution is 8.10. The Hall–Kier alpha value is -4.48. The fraction of sp³-hybridized carbons (Fsp3) is 0.212. The molecule has 5 rings (SSSR count). The number of carbonyl (C=O) groups excluding carboxylic acids is 2. The van der Waals surface area contributed by atoms with E-state index >= 15 is 0 Å². The number of sulfone groups is 1. The van der Waals surface area contributed by atoms with Gasteiger partial charge in [0.1, 0.15) is 21.7 Å². The van der Waals surface area contributed by atoms with Crippen LogP contribution in [0.15, 0.2) is 88.8 Å². The highest BCUT2D eigenvalue weighted by Gasteiger charge is 2.40. The average Bonchev–Trinajstić information content (AvgIpc) is 3.32. The lowest BCUT2D eigenvalue weighted by atomic mass is 10.1. The number of nitrogens with zero attached hydrogens (tertiary/aromatic N) is 1. The summed E-state index contributed by atoms with van der Waals surface area (Å²) in [6, 6.07) is 21.7. The van der Waals surface area contributed by atoms with Gasteiger partial charge in [-0.2, -0.15) is 0 Å². The summed E-state index contributed by atoms with van der Waals surface area (Å²) in [5.74, 6) is 0.0237. The van der Waals surface area contributed by atoms with Crippen LogP contribution in [0.3, 0.4) is 0 Å². The number of carbonyl (C=O) groups is 2. The summed E-state index contributed by atoms with van der Waals surface area (Å²) < 4.78 is 45.9. The molecule has 1 atom stereocenters. The minimum Gasteiger partial charge on any atom is -0.494 e. The summed E-state index contributed by atoms with van der Waals surface area (Å²) in [6.45, 7) is 6.46. The highest BCUT2D eigenvalue weighted by Crippen LogP contribution is 2.41. The second kappa shape index (κ2) is 13.0. The molecule has 2 heterocycles. The molecule has 0 fully saturated rings. The number of thioether (sulfide) groups is 1. The van der Waals surface area contributed by atoms with Crippen molar-refractivity contribution in [3.05, 3.63) is 101 Å². The first-order valence-electron chi connectivity index (χ1n) is 14.1. The molecule has 3 aromatic carbocycles. The van der Waals surface area contributed by atoms with Crippen LogP contribution in [0.25, 0.3) is 11.0 Å². The molecule has 0 bridgehead atoms. The zero-order valence-electron chi connectivity index (χ0n) is 24.5. The van der Waals surface area contributed by atoms with Gasteiger partial charge in [-0.05, 0) is 74.4 Å². The quantitative estimate of drug-likeness (QED) is 0.254. The molecule has 0 radical (unpaired) electrons. The minimum atomic E-state index is -4.33. The number of hydrogen-bond donors (Lipinski definition) is 1. The molecule has 0 aliphatic carbocycles. The van der Waals surface area contributed by atoms with Gasteiger partial charge in [-0.15, -0.1) is 0 Å². The predicted molar refractivity (Wildman–Crippen MR) is 170 cm³/mol. The first-order chi connectivity index (χ1) is 21.2. The maximum atomic E-state index is 14.4. The summed E-state index contributed by atoms with van der Waals surface area (Å²) >= 11 is 1.01. The van der Waals surface area contributed by atoms with Crippen molar-refractivity contribution in [1.29, 1.82) is 0 Å². The number of anilines is 1. The van der Waals surface area contributed by atoms with Gasteiger partial charge in [-0.25, -0.2) is 13.2 Å². The van der Waals surface area contributed by atoms with Crippen LogP contribution in [-0.4, -0.2) is 44.7 Å². The van der Waals surface area contributed by atoms with E-state index in [-0.39, 0.29) is 32.7 Å². The van der Waals surface area contributed by atoms with Gasteiger partial charge < -0.3 is 19.9 Å². The molecule has 0 saturated heterocycles. The van der Waals surface area contributed by atoms with Crippen LogP contribution in [-0.2, 0) is 19.4 Å². The molecule has 11 heteroatoms. The lowest BCUT2D eigenvalue weighted by Gasteiger charge is -2.24.